The van der Waals surface area contributed by atoms with E-state index in [0.29, 0.717) is 12.0 Å². The van der Waals surface area contributed by atoms with Crippen LogP contribution in [0.25, 0.3) is 10.2 Å². The fraction of sp³-hybridized carbons (Fsp3) is 0.318. The van der Waals surface area contributed by atoms with Crippen LogP contribution in [0.1, 0.15) is 41.8 Å². The number of thiazole rings is 1. The van der Waals surface area contributed by atoms with Gasteiger partial charge in [0, 0.05) is 6.42 Å². The number of aromatic nitrogens is 1. The Bertz CT molecular complexity index is 979. The van der Waals surface area contributed by atoms with E-state index in [1.807, 2.05) is 30.3 Å². The Balaban J connectivity index is 1.50. The average molecular weight is 376 g/mol. The fourth-order valence-corrected chi connectivity index (χ4v) is 4.93. The van der Waals surface area contributed by atoms with Gasteiger partial charge in [-0.25, -0.2) is 4.98 Å². The van der Waals surface area contributed by atoms with Crippen molar-refractivity contribution in [2.45, 2.75) is 38.7 Å². The molecule has 4 rings (SSSR count). The van der Waals surface area contributed by atoms with E-state index >= 15 is 0 Å². The minimum Gasteiger partial charge on any atom is -0.460 e. The molecule has 4 nitrogen and oxygen atoms in total. The molecule has 5 heteroatoms. The summed E-state index contributed by atoms with van der Waals surface area (Å²) in [6.07, 6.45) is 4.43. The Hall–Kier alpha value is -2.71. The molecule has 1 aromatic heterocycles. The topological polar surface area (TPSA) is 63.0 Å². The van der Waals surface area contributed by atoms with Crippen molar-refractivity contribution in [3.05, 3.63) is 64.7 Å². The molecular weight excluding hydrogens is 356 g/mol. The Labute approximate surface area is 162 Å². The zero-order chi connectivity index (χ0) is 18.7. The molecule has 136 valence electrons. The van der Waals surface area contributed by atoms with Gasteiger partial charge in [0.2, 0.25) is 0 Å². The molecule has 0 aliphatic heterocycles. The average Bonchev–Trinajstić information content (AvgIpc) is 3.33. The second kappa shape index (κ2) is 7.50. The van der Waals surface area contributed by atoms with Crippen molar-refractivity contribution in [1.29, 1.82) is 5.26 Å². The summed E-state index contributed by atoms with van der Waals surface area (Å²) in [5, 5.41) is 10.0. The van der Waals surface area contributed by atoms with Gasteiger partial charge in [-0.15, -0.1) is 11.3 Å². The molecule has 0 radical (unpaired) electrons. The van der Waals surface area contributed by atoms with Crippen LogP contribution in [-0.4, -0.2) is 11.0 Å². The van der Waals surface area contributed by atoms with Crippen molar-refractivity contribution >= 4 is 27.5 Å². The molecule has 3 aromatic rings. The molecule has 2 aromatic carbocycles. The van der Waals surface area contributed by atoms with Crippen LogP contribution in [0, 0.1) is 16.7 Å². The maximum atomic E-state index is 13.0. The van der Waals surface area contributed by atoms with Crippen LogP contribution < -0.4 is 0 Å². The van der Waals surface area contributed by atoms with Gasteiger partial charge in [-0.05, 0) is 42.7 Å². The Morgan fingerprint density at radius 3 is 2.78 bits per heavy atom. The lowest BCUT2D eigenvalue weighted by Crippen LogP contribution is -2.32. The molecule has 27 heavy (non-hydrogen) atoms. The second-order valence-corrected chi connectivity index (χ2v) is 8.24. The lowest BCUT2D eigenvalue weighted by molar-refractivity contribution is -0.157. The van der Waals surface area contributed by atoms with Gasteiger partial charge in [0.1, 0.15) is 6.61 Å². The fourth-order valence-electron chi connectivity index (χ4n) is 3.82. The van der Waals surface area contributed by atoms with Crippen molar-refractivity contribution in [3.8, 4) is 6.07 Å². The normalized spacial score (nSPS) is 15.5. The third-order valence-corrected chi connectivity index (χ3v) is 6.28. The van der Waals surface area contributed by atoms with Crippen LogP contribution in [0.4, 0.5) is 0 Å². The van der Waals surface area contributed by atoms with Gasteiger partial charge in [0.25, 0.3) is 0 Å². The van der Waals surface area contributed by atoms with Crippen molar-refractivity contribution in [2.75, 3.05) is 0 Å². The summed E-state index contributed by atoms with van der Waals surface area (Å²) in [6.45, 7) is 0.204. The summed E-state index contributed by atoms with van der Waals surface area (Å²) < 4.78 is 6.84. The molecule has 0 N–H and O–H groups in total. The molecule has 1 aliphatic carbocycles. The molecule has 1 aliphatic rings. The number of carbonyl (C=O) groups excluding carboxylic acids is 1. The largest absolute Gasteiger partial charge is 0.460 e. The zero-order valence-electron chi connectivity index (χ0n) is 15.0. The smallest absolute Gasteiger partial charge is 0.312 e. The highest BCUT2D eigenvalue weighted by molar-refractivity contribution is 7.18. The molecule has 0 atom stereocenters. The third-order valence-electron chi connectivity index (χ3n) is 5.25. The number of hydrogen-bond acceptors (Lipinski definition) is 5. The zero-order valence-corrected chi connectivity index (χ0v) is 15.8. The molecule has 0 spiro atoms. The number of esters is 1. The summed E-state index contributed by atoms with van der Waals surface area (Å²) in [7, 11) is 0. The standard InChI is InChI=1S/C22H20N2O2S/c23-14-16-6-5-7-17(12-16)15-26-21(25)22(10-3-4-11-22)13-20-24-18-8-1-2-9-19(18)27-20/h1-2,5-9,12H,3-4,10-11,13,15H2. The van der Waals surface area contributed by atoms with Crippen LogP contribution in [0.3, 0.4) is 0 Å². The lowest BCUT2D eigenvalue weighted by atomic mass is 9.83. The molecule has 1 fully saturated rings. The predicted molar refractivity (Wildman–Crippen MR) is 105 cm³/mol. The first kappa shape index (κ1) is 17.7. The predicted octanol–water partition coefficient (Wildman–Crippen LogP) is 5.01. The number of ether oxygens (including phenoxy) is 1. The first-order valence-corrected chi connectivity index (χ1v) is 10.0. The van der Waals surface area contributed by atoms with E-state index in [4.69, 9.17) is 15.0 Å². The van der Waals surface area contributed by atoms with E-state index in [1.165, 1.54) is 0 Å². The molecule has 1 heterocycles. The van der Waals surface area contributed by atoms with Gasteiger partial charge in [0.05, 0.1) is 32.3 Å². The number of rotatable bonds is 5. The first-order valence-electron chi connectivity index (χ1n) is 9.19. The monoisotopic (exact) mass is 376 g/mol. The van der Waals surface area contributed by atoms with Gasteiger partial charge in [-0.3, -0.25) is 4.79 Å². The number of nitriles is 1. The number of hydrogen-bond donors (Lipinski definition) is 0. The molecule has 1 saturated carbocycles. The molecular formula is C22H20N2O2S. The van der Waals surface area contributed by atoms with Gasteiger partial charge in [-0.2, -0.15) is 5.26 Å². The van der Waals surface area contributed by atoms with Crippen LogP contribution in [0.15, 0.2) is 48.5 Å². The van der Waals surface area contributed by atoms with E-state index < -0.39 is 5.41 Å². The molecule has 0 saturated heterocycles. The summed E-state index contributed by atoms with van der Waals surface area (Å²) in [5.41, 5.74) is 1.94. The Kier molecular flexibility index (Phi) is 4.91. The quantitative estimate of drug-likeness (QED) is 0.587. The number of nitrogens with zero attached hydrogens (tertiary/aromatic N) is 2. The maximum Gasteiger partial charge on any atom is 0.312 e. The Morgan fingerprint density at radius 1 is 1.19 bits per heavy atom. The first-order chi connectivity index (χ1) is 13.2. The van der Waals surface area contributed by atoms with E-state index in [2.05, 4.69) is 12.1 Å². The van der Waals surface area contributed by atoms with Crippen LogP contribution in [0.5, 0.6) is 0 Å². The third kappa shape index (κ3) is 3.72. The molecule has 0 unspecified atom stereocenters. The van der Waals surface area contributed by atoms with Crippen molar-refractivity contribution in [2.24, 2.45) is 5.41 Å². The lowest BCUT2D eigenvalue weighted by Gasteiger charge is -2.25. The number of benzene rings is 2. The highest BCUT2D eigenvalue weighted by atomic mass is 32.1. The van der Waals surface area contributed by atoms with E-state index in [0.717, 1.165) is 46.5 Å². The van der Waals surface area contributed by atoms with Gasteiger partial charge >= 0.3 is 5.97 Å². The van der Waals surface area contributed by atoms with Gasteiger partial charge < -0.3 is 4.74 Å². The highest BCUT2D eigenvalue weighted by Crippen LogP contribution is 2.43. The number of fused-ring (bicyclic) bond motifs is 1. The summed E-state index contributed by atoms with van der Waals surface area (Å²) in [6, 6.07) is 17.4. The van der Waals surface area contributed by atoms with Crippen LogP contribution in [0.2, 0.25) is 0 Å². The van der Waals surface area contributed by atoms with Gasteiger partial charge in [0.15, 0.2) is 0 Å². The summed E-state index contributed by atoms with van der Waals surface area (Å²) in [4.78, 5) is 17.7. The van der Waals surface area contributed by atoms with Crippen LogP contribution in [-0.2, 0) is 22.6 Å². The van der Waals surface area contributed by atoms with E-state index in [-0.39, 0.29) is 12.6 Å². The van der Waals surface area contributed by atoms with E-state index in [1.54, 1.807) is 23.5 Å². The maximum absolute atomic E-state index is 13.0. The van der Waals surface area contributed by atoms with E-state index in [9.17, 15) is 4.79 Å². The number of para-hydroxylation sites is 1. The van der Waals surface area contributed by atoms with Gasteiger partial charge in [-0.1, -0.05) is 37.1 Å². The van der Waals surface area contributed by atoms with Crippen molar-refractivity contribution in [3.63, 3.8) is 0 Å². The van der Waals surface area contributed by atoms with Crippen molar-refractivity contribution in [1.82, 2.24) is 4.98 Å². The summed E-state index contributed by atoms with van der Waals surface area (Å²) in [5.74, 6) is -0.137. The second-order valence-electron chi connectivity index (χ2n) is 7.13. The molecule has 0 bridgehead atoms. The van der Waals surface area contributed by atoms with Crippen molar-refractivity contribution < 1.29 is 9.53 Å². The Morgan fingerprint density at radius 2 is 2.00 bits per heavy atom. The minimum atomic E-state index is -0.472. The highest BCUT2D eigenvalue weighted by Gasteiger charge is 2.43. The summed E-state index contributed by atoms with van der Waals surface area (Å²) >= 11 is 1.66. The number of carbonyl (C=O) groups is 1. The SMILES string of the molecule is N#Cc1cccc(COC(=O)C2(Cc3nc4ccccc4s3)CCCC2)c1. The molecule has 0 amide bonds. The van der Waals surface area contributed by atoms with Crippen LogP contribution >= 0.6 is 11.3 Å². The minimum absolute atomic E-state index is 0.137.